The lowest BCUT2D eigenvalue weighted by molar-refractivity contribution is 0.731. The molecule has 1 unspecified atom stereocenters. The first-order chi connectivity index (χ1) is 7.19. The van der Waals surface area contributed by atoms with E-state index in [0.29, 0.717) is 5.92 Å². The second-order valence-electron chi connectivity index (χ2n) is 5.04. The third kappa shape index (κ3) is 1.42. The van der Waals surface area contributed by atoms with Crippen molar-refractivity contribution in [1.29, 1.82) is 0 Å². The Balaban J connectivity index is 2.07. The van der Waals surface area contributed by atoms with Gasteiger partial charge in [0.1, 0.15) is 0 Å². The second-order valence-corrected chi connectivity index (χ2v) is 5.04. The smallest absolute Gasteiger partial charge is 0.0411 e. The molecule has 0 aliphatic heterocycles. The van der Waals surface area contributed by atoms with Gasteiger partial charge in [0.05, 0.1) is 0 Å². The van der Waals surface area contributed by atoms with Gasteiger partial charge < -0.3 is 5.73 Å². The lowest BCUT2D eigenvalue weighted by atomic mass is 9.86. The summed E-state index contributed by atoms with van der Waals surface area (Å²) in [6, 6.07) is 6.78. The Kier molecular flexibility index (Phi) is 1.81. The van der Waals surface area contributed by atoms with Crippen LogP contribution in [0.4, 0.5) is 0 Å². The Labute approximate surface area is 91.0 Å². The standard InChI is InChI=1S/C14H17N/c1-10-3-2-4-11-9-12(5-6-13(10)11)14(15)7-8-14/h2,4-6,9-10H,3,7-8,15H2,1H3. The van der Waals surface area contributed by atoms with Gasteiger partial charge in [0, 0.05) is 5.54 Å². The topological polar surface area (TPSA) is 26.0 Å². The van der Waals surface area contributed by atoms with Gasteiger partial charge in [-0.15, -0.1) is 0 Å². The molecule has 1 aromatic carbocycles. The molecule has 15 heavy (non-hydrogen) atoms. The number of rotatable bonds is 1. The van der Waals surface area contributed by atoms with Gasteiger partial charge in [-0.2, -0.15) is 0 Å². The maximum Gasteiger partial charge on any atom is 0.0411 e. The van der Waals surface area contributed by atoms with Crippen LogP contribution in [0.1, 0.15) is 48.8 Å². The van der Waals surface area contributed by atoms with Gasteiger partial charge in [-0.05, 0) is 47.9 Å². The van der Waals surface area contributed by atoms with Crippen molar-refractivity contribution in [3.63, 3.8) is 0 Å². The first kappa shape index (κ1) is 9.17. The van der Waals surface area contributed by atoms with Gasteiger partial charge in [0.25, 0.3) is 0 Å². The normalized spacial score (nSPS) is 26.1. The van der Waals surface area contributed by atoms with Crippen LogP contribution in [0.3, 0.4) is 0 Å². The van der Waals surface area contributed by atoms with Crippen molar-refractivity contribution >= 4 is 6.08 Å². The molecule has 2 aliphatic rings. The van der Waals surface area contributed by atoms with Crippen molar-refractivity contribution in [2.24, 2.45) is 5.73 Å². The first-order valence-corrected chi connectivity index (χ1v) is 5.79. The highest BCUT2D eigenvalue weighted by Crippen LogP contribution is 2.44. The van der Waals surface area contributed by atoms with Crippen LogP contribution in [0.15, 0.2) is 24.3 Å². The van der Waals surface area contributed by atoms with Gasteiger partial charge in [0.15, 0.2) is 0 Å². The van der Waals surface area contributed by atoms with Crippen molar-refractivity contribution in [2.75, 3.05) is 0 Å². The molecule has 0 heterocycles. The van der Waals surface area contributed by atoms with E-state index in [4.69, 9.17) is 5.73 Å². The Morgan fingerprint density at radius 2 is 2.13 bits per heavy atom. The summed E-state index contributed by atoms with van der Waals surface area (Å²) in [5, 5.41) is 0. The fraction of sp³-hybridized carbons (Fsp3) is 0.429. The third-order valence-corrected chi connectivity index (χ3v) is 3.77. The summed E-state index contributed by atoms with van der Waals surface area (Å²) in [6.07, 6.45) is 7.97. The number of fused-ring (bicyclic) bond motifs is 1. The molecule has 0 amide bonds. The maximum absolute atomic E-state index is 6.21. The largest absolute Gasteiger partial charge is 0.321 e. The minimum Gasteiger partial charge on any atom is -0.321 e. The summed E-state index contributed by atoms with van der Waals surface area (Å²) in [6.45, 7) is 2.29. The number of hydrogen-bond donors (Lipinski definition) is 1. The van der Waals surface area contributed by atoms with Gasteiger partial charge >= 0.3 is 0 Å². The van der Waals surface area contributed by atoms with E-state index in [1.54, 1.807) is 0 Å². The number of allylic oxidation sites excluding steroid dienone is 1. The minimum atomic E-state index is 0.00353. The Morgan fingerprint density at radius 1 is 1.33 bits per heavy atom. The molecule has 0 saturated heterocycles. The van der Waals surface area contributed by atoms with E-state index in [0.717, 1.165) is 12.8 Å². The Morgan fingerprint density at radius 3 is 2.87 bits per heavy atom. The van der Waals surface area contributed by atoms with Crippen molar-refractivity contribution in [2.45, 2.75) is 37.6 Å². The summed E-state index contributed by atoms with van der Waals surface area (Å²) in [4.78, 5) is 0. The molecule has 2 N–H and O–H groups in total. The fourth-order valence-electron chi connectivity index (χ4n) is 2.43. The highest BCUT2D eigenvalue weighted by atomic mass is 14.8. The monoisotopic (exact) mass is 199 g/mol. The molecule has 78 valence electrons. The van der Waals surface area contributed by atoms with Crippen LogP contribution < -0.4 is 5.73 Å². The van der Waals surface area contributed by atoms with Gasteiger partial charge in [-0.1, -0.05) is 31.2 Å². The molecule has 1 saturated carbocycles. The van der Waals surface area contributed by atoms with Crippen LogP contribution in [0, 0.1) is 0 Å². The molecule has 1 atom stereocenters. The predicted molar refractivity (Wildman–Crippen MR) is 63.6 cm³/mol. The molecule has 2 aliphatic carbocycles. The molecule has 0 radical (unpaired) electrons. The summed E-state index contributed by atoms with van der Waals surface area (Å²) in [5.74, 6) is 0.659. The molecule has 3 rings (SSSR count). The SMILES string of the molecule is CC1CC=Cc2cc(C3(N)CC3)ccc21. The van der Waals surface area contributed by atoms with Crippen LogP contribution in [0.2, 0.25) is 0 Å². The summed E-state index contributed by atoms with van der Waals surface area (Å²) in [7, 11) is 0. The summed E-state index contributed by atoms with van der Waals surface area (Å²) in [5.41, 5.74) is 10.4. The van der Waals surface area contributed by atoms with Crippen molar-refractivity contribution in [3.05, 3.63) is 41.0 Å². The van der Waals surface area contributed by atoms with Crippen molar-refractivity contribution in [3.8, 4) is 0 Å². The van der Waals surface area contributed by atoms with Crippen LogP contribution in [-0.4, -0.2) is 0 Å². The van der Waals surface area contributed by atoms with E-state index in [1.807, 2.05) is 0 Å². The first-order valence-electron chi connectivity index (χ1n) is 5.79. The average Bonchev–Trinajstić information content (AvgIpc) is 2.98. The second kappa shape index (κ2) is 2.96. The predicted octanol–water partition coefficient (Wildman–Crippen LogP) is 3.15. The molecular formula is C14H17N. The van der Waals surface area contributed by atoms with Crippen LogP contribution in [-0.2, 0) is 5.54 Å². The zero-order valence-corrected chi connectivity index (χ0v) is 9.16. The van der Waals surface area contributed by atoms with E-state index in [2.05, 4.69) is 37.3 Å². The molecule has 1 fully saturated rings. The Hall–Kier alpha value is -1.08. The molecular weight excluding hydrogens is 182 g/mol. The van der Waals surface area contributed by atoms with Gasteiger partial charge in [-0.25, -0.2) is 0 Å². The molecule has 0 aromatic heterocycles. The van der Waals surface area contributed by atoms with E-state index >= 15 is 0 Å². The number of nitrogens with two attached hydrogens (primary N) is 1. The highest BCUT2D eigenvalue weighted by molar-refractivity contribution is 5.59. The van der Waals surface area contributed by atoms with Gasteiger partial charge in [-0.3, -0.25) is 0 Å². The molecule has 0 bridgehead atoms. The van der Waals surface area contributed by atoms with E-state index in [9.17, 15) is 0 Å². The van der Waals surface area contributed by atoms with Crippen molar-refractivity contribution < 1.29 is 0 Å². The lowest BCUT2D eigenvalue weighted by Gasteiger charge is -2.20. The molecule has 0 spiro atoms. The Bertz CT molecular complexity index is 427. The third-order valence-electron chi connectivity index (χ3n) is 3.77. The number of benzene rings is 1. The zero-order valence-electron chi connectivity index (χ0n) is 9.16. The van der Waals surface area contributed by atoms with E-state index in [-0.39, 0.29) is 5.54 Å². The van der Waals surface area contributed by atoms with Crippen LogP contribution in [0.5, 0.6) is 0 Å². The zero-order chi connectivity index (χ0) is 10.5. The lowest BCUT2D eigenvalue weighted by Crippen LogP contribution is -2.19. The summed E-state index contributed by atoms with van der Waals surface area (Å²) < 4.78 is 0. The van der Waals surface area contributed by atoms with Crippen molar-refractivity contribution in [1.82, 2.24) is 0 Å². The maximum atomic E-state index is 6.21. The van der Waals surface area contributed by atoms with Gasteiger partial charge in [0.2, 0.25) is 0 Å². The van der Waals surface area contributed by atoms with E-state index in [1.165, 1.54) is 23.1 Å². The highest BCUT2D eigenvalue weighted by Gasteiger charge is 2.40. The average molecular weight is 199 g/mol. The molecule has 1 heteroatoms. The quantitative estimate of drug-likeness (QED) is 0.738. The number of hydrogen-bond acceptors (Lipinski definition) is 1. The molecule has 1 aromatic rings. The fourth-order valence-corrected chi connectivity index (χ4v) is 2.43. The van der Waals surface area contributed by atoms with E-state index < -0.39 is 0 Å². The minimum absolute atomic E-state index is 0.00353. The van der Waals surface area contributed by atoms with Crippen LogP contribution in [0.25, 0.3) is 6.08 Å². The molecule has 1 nitrogen and oxygen atoms in total. The summed E-state index contributed by atoms with van der Waals surface area (Å²) >= 11 is 0. The van der Waals surface area contributed by atoms with Crippen LogP contribution >= 0.6 is 0 Å².